The van der Waals surface area contributed by atoms with Crippen molar-refractivity contribution in [2.75, 3.05) is 0 Å². The Morgan fingerprint density at radius 2 is 1.87 bits per heavy atom. The number of aryl methyl sites for hydroxylation is 2. The van der Waals surface area contributed by atoms with Crippen molar-refractivity contribution in [1.29, 1.82) is 0 Å². The zero-order valence-electron chi connectivity index (χ0n) is 8.57. The molecule has 0 unspecified atom stereocenters. The van der Waals surface area contributed by atoms with Crippen LogP contribution < -0.4 is 5.46 Å². The topological polar surface area (TPSA) is 76.5 Å². The van der Waals surface area contributed by atoms with Crippen molar-refractivity contribution < 1.29 is 15.2 Å². The summed E-state index contributed by atoms with van der Waals surface area (Å²) >= 11 is 0. The van der Waals surface area contributed by atoms with E-state index in [0.29, 0.717) is 0 Å². The molecule has 2 rings (SSSR count). The summed E-state index contributed by atoms with van der Waals surface area (Å²) in [7, 11) is -1.65. The average Bonchev–Trinajstić information content (AvgIpc) is 2.41. The maximum Gasteiger partial charge on any atom is 0.492 e. The number of nitrogens with one attached hydrogen (secondary N) is 1. The number of phenolic OH excluding ortho intramolecular Hbond substituents is 1. The number of hydrogen-bond donors (Lipinski definition) is 4. The van der Waals surface area contributed by atoms with Gasteiger partial charge in [0.15, 0.2) is 0 Å². The van der Waals surface area contributed by atoms with Crippen LogP contribution in [0.5, 0.6) is 5.75 Å². The first-order valence-electron chi connectivity index (χ1n) is 4.68. The molecule has 0 atom stereocenters. The molecule has 5 heteroatoms. The van der Waals surface area contributed by atoms with E-state index >= 15 is 0 Å². The van der Waals surface area contributed by atoms with Crippen LogP contribution in [0.4, 0.5) is 0 Å². The molecule has 0 fully saturated rings. The molecule has 1 aromatic heterocycles. The molecule has 0 amide bonds. The van der Waals surface area contributed by atoms with Crippen LogP contribution in [-0.2, 0) is 0 Å². The van der Waals surface area contributed by atoms with Crippen molar-refractivity contribution in [1.82, 2.24) is 4.98 Å². The third-order valence-electron chi connectivity index (χ3n) is 2.73. The number of H-pyrrole nitrogens is 1. The van der Waals surface area contributed by atoms with E-state index in [1.54, 1.807) is 6.07 Å². The molecule has 1 heterocycles. The molecule has 4 N–H and O–H groups in total. The van der Waals surface area contributed by atoms with Crippen LogP contribution in [0.1, 0.15) is 11.3 Å². The van der Waals surface area contributed by atoms with Gasteiger partial charge in [0.25, 0.3) is 0 Å². The Kier molecular flexibility index (Phi) is 2.21. The fourth-order valence-corrected chi connectivity index (χ4v) is 1.72. The summed E-state index contributed by atoms with van der Waals surface area (Å²) in [5.41, 5.74) is 2.98. The lowest BCUT2D eigenvalue weighted by Crippen LogP contribution is -2.29. The Labute approximate surface area is 87.3 Å². The molecule has 2 aromatic rings. The number of aromatic nitrogens is 1. The Bertz CT molecular complexity index is 519. The molecule has 4 nitrogen and oxygen atoms in total. The lowest BCUT2D eigenvalue weighted by Gasteiger charge is -2.03. The number of aromatic amines is 1. The highest BCUT2D eigenvalue weighted by Crippen LogP contribution is 2.23. The molecule has 0 spiro atoms. The molecule has 0 saturated carbocycles. The summed E-state index contributed by atoms with van der Waals surface area (Å²) in [5.74, 6) is -0.112. The van der Waals surface area contributed by atoms with Crippen molar-refractivity contribution in [3.05, 3.63) is 23.4 Å². The highest BCUT2D eigenvalue weighted by Gasteiger charge is 2.18. The minimum absolute atomic E-state index is 0.112. The number of fused-ring (bicyclic) bond motifs is 1. The van der Waals surface area contributed by atoms with Crippen LogP contribution in [0, 0.1) is 13.8 Å². The molecule has 1 aromatic carbocycles. The van der Waals surface area contributed by atoms with Gasteiger partial charge >= 0.3 is 7.12 Å². The van der Waals surface area contributed by atoms with Gasteiger partial charge in [0, 0.05) is 28.1 Å². The third kappa shape index (κ3) is 1.50. The number of benzene rings is 1. The van der Waals surface area contributed by atoms with Crippen LogP contribution in [0.3, 0.4) is 0 Å². The van der Waals surface area contributed by atoms with E-state index in [4.69, 9.17) is 10.0 Å². The smallest absolute Gasteiger partial charge is 0.492 e. The minimum atomic E-state index is -1.65. The maximum absolute atomic E-state index is 9.54. The van der Waals surface area contributed by atoms with E-state index in [-0.39, 0.29) is 11.2 Å². The predicted molar refractivity (Wildman–Crippen MR) is 59.3 cm³/mol. The molecule has 0 radical (unpaired) electrons. The van der Waals surface area contributed by atoms with Crippen LogP contribution in [0.25, 0.3) is 10.9 Å². The minimum Gasteiger partial charge on any atom is -0.508 e. The second-order valence-corrected chi connectivity index (χ2v) is 3.71. The van der Waals surface area contributed by atoms with Crippen LogP contribution in [-0.4, -0.2) is 27.3 Å². The van der Waals surface area contributed by atoms with Gasteiger partial charge in [-0.2, -0.15) is 0 Å². The Morgan fingerprint density at radius 3 is 2.47 bits per heavy atom. The molecule has 0 saturated heterocycles. The van der Waals surface area contributed by atoms with E-state index in [9.17, 15) is 5.11 Å². The first-order valence-corrected chi connectivity index (χ1v) is 4.68. The third-order valence-corrected chi connectivity index (χ3v) is 2.73. The van der Waals surface area contributed by atoms with Crippen LogP contribution in [0.2, 0.25) is 0 Å². The van der Waals surface area contributed by atoms with Crippen molar-refractivity contribution in [3.8, 4) is 5.75 Å². The number of hydrogen-bond acceptors (Lipinski definition) is 3. The number of rotatable bonds is 1. The quantitative estimate of drug-likeness (QED) is 0.501. The van der Waals surface area contributed by atoms with E-state index in [2.05, 4.69) is 4.98 Å². The van der Waals surface area contributed by atoms with Gasteiger partial charge in [-0.1, -0.05) is 0 Å². The zero-order chi connectivity index (χ0) is 11.2. The fraction of sp³-hybridized carbons (Fsp3) is 0.200. The second kappa shape index (κ2) is 3.29. The average molecular weight is 205 g/mol. The Balaban J connectivity index is 2.77. The van der Waals surface area contributed by atoms with Crippen LogP contribution >= 0.6 is 0 Å². The molecule has 0 bridgehead atoms. The maximum atomic E-state index is 9.54. The second-order valence-electron chi connectivity index (χ2n) is 3.71. The first kappa shape index (κ1) is 10.1. The first-order chi connectivity index (χ1) is 7.00. The fourth-order valence-electron chi connectivity index (χ4n) is 1.72. The van der Waals surface area contributed by atoms with Gasteiger partial charge in [-0.15, -0.1) is 0 Å². The largest absolute Gasteiger partial charge is 0.508 e. The summed E-state index contributed by atoms with van der Waals surface area (Å²) in [6.45, 7) is 3.88. The van der Waals surface area contributed by atoms with Gasteiger partial charge in [0.1, 0.15) is 5.75 Å². The lowest BCUT2D eigenvalue weighted by atomic mass is 9.79. The summed E-state index contributed by atoms with van der Waals surface area (Å²) < 4.78 is 0. The molecular formula is C10H12BNO3. The summed E-state index contributed by atoms with van der Waals surface area (Å²) in [4.78, 5) is 3.11. The molecule has 0 aliphatic heterocycles. The van der Waals surface area contributed by atoms with Gasteiger partial charge in [0.2, 0.25) is 0 Å². The van der Waals surface area contributed by atoms with E-state index < -0.39 is 7.12 Å². The number of phenols is 1. The highest BCUT2D eigenvalue weighted by atomic mass is 16.4. The van der Waals surface area contributed by atoms with E-state index in [1.807, 2.05) is 13.8 Å². The molecule has 15 heavy (non-hydrogen) atoms. The highest BCUT2D eigenvalue weighted by molar-refractivity contribution is 6.60. The summed E-state index contributed by atoms with van der Waals surface area (Å²) in [6, 6.07) is 3.10. The summed E-state index contributed by atoms with van der Waals surface area (Å²) in [5, 5.41) is 28.5. The van der Waals surface area contributed by atoms with Crippen molar-refractivity contribution in [2.45, 2.75) is 13.8 Å². The Hall–Kier alpha value is -1.46. The summed E-state index contributed by atoms with van der Waals surface area (Å²) in [6.07, 6.45) is 0. The van der Waals surface area contributed by atoms with Crippen molar-refractivity contribution >= 4 is 23.5 Å². The van der Waals surface area contributed by atoms with Gasteiger partial charge in [-0.05, 0) is 25.5 Å². The van der Waals surface area contributed by atoms with Crippen molar-refractivity contribution in [3.63, 3.8) is 0 Å². The predicted octanol–water partition coefficient (Wildman–Crippen LogP) is 0.170. The molecular weight excluding hydrogens is 193 g/mol. The van der Waals surface area contributed by atoms with Gasteiger partial charge < -0.3 is 20.1 Å². The number of aromatic hydroxyl groups is 1. The zero-order valence-corrected chi connectivity index (χ0v) is 8.57. The molecule has 78 valence electrons. The van der Waals surface area contributed by atoms with Gasteiger partial charge in [-0.25, -0.2) is 0 Å². The van der Waals surface area contributed by atoms with E-state index in [0.717, 1.165) is 22.2 Å². The Morgan fingerprint density at radius 1 is 1.20 bits per heavy atom. The van der Waals surface area contributed by atoms with E-state index in [1.165, 1.54) is 6.07 Å². The lowest BCUT2D eigenvalue weighted by molar-refractivity contribution is 0.420. The molecule has 0 aliphatic rings. The van der Waals surface area contributed by atoms with Gasteiger partial charge in [0.05, 0.1) is 0 Å². The normalized spacial score (nSPS) is 10.9. The van der Waals surface area contributed by atoms with Gasteiger partial charge in [-0.3, -0.25) is 0 Å². The van der Waals surface area contributed by atoms with Crippen molar-refractivity contribution in [2.24, 2.45) is 0 Å². The van der Waals surface area contributed by atoms with Crippen LogP contribution in [0.15, 0.2) is 12.1 Å². The SMILES string of the molecule is Cc1[nH]c2cc(O)c(B(O)O)cc2c1C. The monoisotopic (exact) mass is 205 g/mol. The molecule has 0 aliphatic carbocycles. The standard InChI is InChI=1S/C10H12BNO3/c1-5-6(2)12-9-4-10(13)8(11(14)15)3-7(5)9/h3-4,12-15H,1-2H3.